The molecule has 5 nitrogen and oxygen atoms in total. The lowest BCUT2D eigenvalue weighted by atomic mass is 10.1. The van der Waals surface area contributed by atoms with E-state index in [9.17, 15) is 9.18 Å². The van der Waals surface area contributed by atoms with Crippen LogP contribution in [0.2, 0.25) is 0 Å². The standard InChI is InChI=1S/C17H13FN4O/c18-14-3-1-2-12(9-14)17(23)22-7-5-15(21-22)13-8-11-4-6-19-16(11)20-10-13/h1-4,6,8-10H,5,7H2,(H,19,20). The maximum Gasteiger partial charge on any atom is 0.274 e. The van der Waals surface area contributed by atoms with Gasteiger partial charge in [-0.3, -0.25) is 4.79 Å². The molecule has 3 aromatic rings. The molecule has 6 heteroatoms. The lowest BCUT2D eigenvalue weighted by Gasteiger charge is -2.11. The number of pyridine rings is 1. The van der Waals surface area contributed by atoms with Crippen molar-refractivity contribution in [2.45, 2.75) is 6.42 Å². The van der Waals surface area contributed by atoms with Gasteiger partial charge in [0.1, 0.15) is 11.5 Å². The SMILES string of the molecule is O=C(c1cccc(F)c1)N1CCC(c2cnc3[nH]ccc3c2)=N1. The zero-order chi connectivity index (χ0) is 15.8. The van der Waals surface area contributed by atoms with E-state index in [4.69, 9.17) is 0 Å². The summed E-state index contributed by atoms with van der Waals surface area (Å²) in [6.45, 7) is 0.482. The van der Waals surface area contributed by atoms with Gasteiger partial charge in [-0.05, 0) is 30.3 Å². The van der Waals surface area contributed by atoms with Gasteiger partial charge in [-0.25, -0.2) is 14.4 Å². The van der Waals surface area contributed by atoms with Crippen LogP contribution in [0.15, 0.2) is 53.9 Å². The van der Waals surface area contributed by atoms with Crippen molar-refractivity contribution in [1.82, 2.24) is 15.0 Å². The summed E-state index contributed by atoms with van der Waals surface area (Å²) in [7, 11) is 0. The van der Waals surface area contributed by atoms with Gasteiger partial charge in [0, 0.05) is 35.3 Å². The van der Waals surface area contributed by atoms with E-state index >= 15 is 0 Å². The third kappa shape index (κ3) is 2.48. The van der Waals surface area contributed by atoms with Crippen LogP contribution in [0.5, 0.6) is 0 Å². The third-order valence-corrected chi connectivity index (χ3v) is 3.84. The second kappa shape index (κ2) is 5.31. The molecule has 0 atom stereocenters. The fourth-order valence-corrected chi connectivity index (χ4v) is 2.67. The Morgan fingerprint density at radius 2 is 2.17 bits per heavy atom. The Morgan fingerprint density at radius 3 is 3.04 bits per heavy atom. The first kappa shape index (κ1) is 13.6. The van der Waals surface area contributed by atoms with Gasteiger partial charge >= 0.3 is 0 Å². The van der Waals surface area contributed by atoms with E-state index in [1.54, 1.807) is 12.3 Å². The van der Waals surface area contributed by atoms with Crippen molar-refractivity contribution < 1.29 is 9.18 Å². The second-order valence-corrected chi connectivity index (χ2v) is 5.37. The minimum Gasteiger partial charge on any atom is -0.346 e. The fourth-order valence-electron chi connectivity index (χ4n) is 2.67. The Bertz CT molecular complexity index is 931. The molecule has 1 aliphatic heterocycles. The number of rotatable bonds is 2. The van der Waals surface area contributed by atoms with E-state index in [1.165, 1.54) is 23.2 Å². The molecule has 0 spiro atoms. The van der Waals surface area contributed by atoms with E-state index in [2.05, 4.69) is 15.1 Å². The number of nitrogens with zero attached hydrogens (tertiary/aromatic N) is 3. The van der Waals surface area contributed by atoms with Gasteiger partial charge < -0.3 is 4.98 Å². The Morgan fingerprint density at radius 1 is 1.26 bits per heavy atom. The summed E-state index contributed by atoms with van der Waals surface area (Å²) in [5, 5.41) is 6.76. The van der Waals surface area contributed by atoms with Gasteiger partial charge in [0.05, 0.1) is 12.3 Å². The average Bonchev–Trinajstić information content (AvgIpc) is 3.22. The molecule has 0 saturated carbocycles. The summed E-state index contributed by atoms with van der Waals surface area (Å²) >= 11 is 0. The highest BCUT2D eigenvalue weighted by Gasteiger charge is 2.23. The molecular weight excluding hydrogens is 295 g/mol. The average molecular weight is 308 g/mol. The molecule has 114 valence electrons. The molecule has 0 fully saturated rings. The number of hydrogen-bond acceptors (Lipinski definition) is 3. The number of hydrogen-bond donors (Lipinski definition) is 1. The predicted octanol–water partition coefficient (Wildman–Crippen LogP) is 2.95. The van der Waals surface area contributed by atoms with Gasteiger partial charge in [0.25, 0.3) is 5.91 Å². The predicted molar refractivity (Wildman–Crippen MR) is 84.7 cm³/mol. The summed E-state index contributed by atoms with van der Waals surface area (Å²) in [5.41, 5.74) is 2.83. The molecule has 4 rings (SSSR count). The molecule has 1 aliphatic rings. The minimum absolute atomic E-state index is 0.296. The van der Waals surface area contributed by atoms with Crippen molar-refractivity contribution in [2.75, 3.05) is 6.54 Å². The first-order valence-electron chi connectivity index (χ1n) is 7.29. The number of nitrogens with one attached hydrogen (secondary N) is 1. The van der Waals surface area contributed by atoms with Crippen LogP contribution in [0, 0.1) is 5.82 Å². The number of fused-ring (bicyclic) bond motifs is 1. The lowest BCUT2D eigenvalue weighted by Crippen LogP contribution is -2.23. The Balaban J connectivity index is 1.62. The maximum absolute atomic E-state index is 13.3. The minimum atomic E-state index is -0.429. The molecule has 1 N–H and O–H groups in total. The van der Waals surface area contributed by atoms with E-state index in [-0.39, 0.29) is 5.91 Å². The lowest BCUT2D eigenvalue weighted by molar-refractivity contribution is 0.0778. The van der Waals surface area contributed by atoms with Crippen LogP contribution in [0.25, 0.3) is 11.0 Å². The van der Waals surface area contributed by atoms with Gasteiger partial charge in [0.15, 0.2) is 0 Å². The Hall–Kier alpha value is -3.02. The number of carbonyl (C=O) groups is 1. The monoisotopic (exact) mass is 308 g/mol. The van der Waals surface area contributed by atoms with E-state index in [0.717, 1.165) is 22.3 Å². The molecule has 0 aliphatic carbocycles. The highest BCUT2D eigenvalue weighted by molar-refractivity contribution is 6.05. The van der Waals surface area contributed by atoms with Crippen molar-refractivity contribution in [1.29, 1.82) is 0 Å². The van der Waals surface area contributed by atoms with Crippen LogP contribution in [-0.2, 0) is 0 Å². The molecular formula is C17H13FN4O. The molecule has 0 bridgehead atoms. The van der Waals surface area contributed by atoms with Crippen molar-refractivity contribution in [3.63, 3.8) is 0 Å². The molecule has 1 aromatic carbocycles. The maximum atomic E-state index is 13.3. The van der Waals surface area contributed by atoms with Crippen molar-refractivity contribution in [3.05, 3.63) is 65.7 Å². The Kier molecular flexibility index (Phi) is 3.15. The van der Waals surface area contributed by atoms with Gasteiger partial charge in [-0.2, -0.15) is 5.10 Å². The van der Waals surface area contributed by atoms with Gasteiger partial charge in [0.2, 0.25) is 0 Å². The number of aromatic amines is 1. The van der Waals surface area contributed by atoms with Crippen LogP contribution in [0.3, 0.4) is 0 Å². The summed E-state index contributed by atoms with van der Waals surface area (Å²) in [6, 6.07) is 9.58. The largest absolute Gasteiger partial charge is 0.346 e. The topological polar surface area (TPSA) is 61.4 Å². The van der Waals surface area contributed by atoms with Crippen LogP contribution in [0.4, 0.5) is 4.39 Å². The summed E-state index contributed by atoms with van der Waals surface area (Å²) < 4.78 is 13.3. The number of aromatic nitrogens is 2. The van der Waals surface area contributed by atoms with Crippen LogP contribution < -0.4 is 0 Å². The summed E-state index contributed by atoms with van der Waals surface area (Å²) in [4.78, 5) is 19.8. The molecule has 1 amide bonds. The highest BCUT2D eigenvalue weighted by Crippen LogP contribution is 2.19. The van der Waals surface area contributed by atoms with Crippen LogP contribution in [-0.4, -0.2) is 33.1 Å². The number of amides is 1. The highest BCUT2D eigenvalue weighted by atomic mass is 19.1. The first-order valence-corrected chi connectivity index (χ1v) is 7.29. The Labute approximate surface area is 131 Å². The quantitative estimate of drug-likeness (QED) is 0.791. The number of hydrazone groups is 1. The molecule has 0 saturated heterocycles. The van der Waals surface area contributed by atoms with Crippen molar-refractivity contribution in [3.8, 4) is 0 Å². The van der Waals surface area contributed by atoms with Crippen molar-refractivity contribution in [2.24, 2.45) is 5.10 Å². The normalized spacial score (nSPS) is 14.3. The van der Waals surface area contributed by atoms with Crippen LogP contribution in [0.1, 0.15) is 22.3 Å². The number of benzene rings is 1. The molecule has 0 unspecified atom stereocenters. The van der Waals surface area contributed by atoms with E-state index < -0.39 is 5.82 Å². The van der Waals surface area contributed by atoms with Gasteiger partial charge in [-0.15, -0.1) is 0 Å². The summed E-state index contributed by atoms with van der Waals surface area (Å²) in [5.74, 6) is -0.725. The zero-order valence-corrected chi connectivity index (χ0v) is 12.2. The smallest absolute Gasteiger partial charge is 0.274 e. The fraction of sp³-hybridized carbons (Fsp3) is 0.118. The molecule has 0 radical (unpaired) electrons. The third-order valence-electron chi connectivity index (χ3n) is 3.84. The number of carbonyl (C=O) groups excluding carboxylic acids is 1. The molecule has 23 heavy (non-hydrogen) atoms. The number of halogens is 1. The zero-order valence-electron chi connectivity index (χ0n) is 12.2. The van der Waals surface area contributed by atoms with E-state index in [1.807, 2.05) is 18.3 Å². The van der Waals surface area contributed by atoms with Gasteiger partial charge in [-0.1, -0.05) is 6.07 Å². The summed E-state index contributed by atoms with van der Waals surface area (Å²) in [6.07, 6.45) is 4.23. The second-order valence-electron chi connectivity index (χ2n) is 5.37. The van der Waals surface area contributed by atoms with E-state index in [0.29, 0.717) is 18.5 Å². The molecule has 2 aromatic heterocycles. The van der Waals surface area contributed by atoms with Crippen LogP contribution >= 0.6 is 0 Å². The first-order chi connectivity index (χ1) is 11.2. The number of H-pyrrole nitrogens is 1. The van der Waals surface area contributed by atoms with Crippen molar-refractivity contribution >= 4 is 22.7 Å². The molecule has 3 heterocycles.